The van der Waals surface area contributed by atoms with Crippen molar-refractivity contribution in [3.63, 3.8) is 0 Å². The van der Waals surface area contributed by atoms with Gasteiger partial charge in [-0.05, 0) is 68.1 Å². The molecule has 1 aliphatic heterocycles. The molecule has 1 fully saturated rings. The van der Waals surface area contributed by atoms with Crippen LogP contribution in [-0.4, -0.2) is 36.7 Å². The number of halogens is 1. The van der Waals surface area contributed by atoms with E-state index in [1.54, 1.807) is 0 Å². The van der Waals surface area contributed by atoms with Crippen molar-refractivity contribution in [2.75, 3.05) is 29.9 Å². The molecule has 0 radical (unpaired) electrons. The van der Waals surface area contributed by atoms with Crippen molar-refractivity contribution in [2.45, 2.75) is 37.3 Å². The molecule has 0 aromatic heterocycles. The van der Waals surface area contributed by atoms with Gasteiger partial charge in [0, 0.05) is 47.9 Å². The second kappa shape index (κ2) is 10.2. The van der Waals surface area contributed by atoms with Gasteiger partial charge in [0.05, 0.1) is 5.25 Å². The molecular formula is C23H28ClN3O2S. The topological polar surface area (TPSA) is 61.4 Å². The molecule has 5 nitrogen and oxygen atoms in total. The molecule has 1 aliphatic rings. The minimum absolute atomic E-state index is 0.0447. The molecule has 1 saturated heterocycles. The Kier molecular flexibility index (Phi) is 7.67. The van der Waals surface area contributed by atoms with Gasteiger partial charge in [0.15, 0.2) is 0 Å². The third-order valence-electron chi connectivity index (χ3n) is 5.22. The van der Waals surface area contributed by atoms with E-state index in [-0.39, 0.29) is 17.1 Å². The van der Waals surface area contributed by atoms with Crippen molar-refractivity contribution in [3.05, 3.63) is 53.1 Å². The Morgan fingerprint density at radius 2 is 1.97 bits per heavy atom. The van der Waals surface area contributed by atoms with Gasteiger partial charge in [0.2, 0.25) is 11.8 Å². The Morgan fingerprint density at radius 1 is 1.23 bits per heavy atom. The van der Waals surface area contributed by atoms with Gasteiger partial charge >= 0.3 is 0 Å². The lowest BCUT2D eigenvalue weighted by Gasteiger charge is -2.21. The first kappa shape index (κ1) is 22.5. The number of carbonyl (C=O) groups excluding carboxylic acids is 2. The fourth-order valence-electron chi connectivity index (χ4n) is 3.61. The zero-order valence-corrected chi connectivity index (χ0v) is 19.1. The normalized spacial score (nSPS) is 16.9. The fraction of sp³-hybridized carbons (Fsp3) is 0.391. The Labute approximate surface area is 187 Å². The van der Waals surface area contributed by atoms with E-state index >= 15 is 0 Å². The van der Waals surface area contributed by atoms with Crippen LogP contribution in [0.5, 0.6) is 0 Å². The number of thioether (sulfide) groups is 1. The van der Waals surface area contributed by atoms with Crippen LogP contribution in [0.2, 0.25) is 5.02 Å². The number of hydrogen-bond acceptors (Lipinski definition) is 4. The van der Waals surface area contributed by atoms with Crippen LogP contribution in [0.1, 0.15) is 25.8 Å². The van der Waals surface area contributed by atoms with Gasteiger partial charge in [-0.2, -0.15) is 0 Å². The monoisotopic (exact) mass is 445 g/mol. The largest absolute Gasteiger partial charge is 0.371 e. The second-order valence-electron chi connectivity index (χ2n) is 7.74. The highest BCUT2D eigenvalue weighted by Gasteiger charge is 2.25. The van der Waals surface area contributed by atoms with E-state index in [2.05, 4.69) is 22.5 Å². The van der Waals surface area contributed by atoms with Gasteiger partial charge in [-0.15, -0.1) is 11.8 Å². The van der Waals surface area contributed by atoms with Crippen LogP contribution in [0.25, 0.3) is 0 Å². The first-order valence-electron chi connectivity index (χ1n) is 10.1. The molecule has 0 bridgehead atoms. The van der Waals surface area contributed by atoms with E-state index in [4.69, 9.17) is 11.6 Å². The minimum atomic E-state index is -0.190. The van der Waals surface area contributed by atoms with Crippen molar-refractivity contribution in [2.24, 2.45) is 5.92 Å². The van der Waals surface area contributed by atoms with Gasteiger partial charge in [0.1, 0.15) is 0 Å². The standard InChI is InChI=1S/C23H28ClN3O2S/c1-15-4-5-19(24)12-22(15)27-11-10-18(14-27)13-25-23(29)16(2)30-21-8-6-20(7-9-21)26-17(3)28/h4-9,12,16,18H,10-11,13-14H2,1-3H3,(H,25,29)(H,26,28). The number of hydrogen-bond donors (Lipinski definition) is 2. The predicted molar refractivity (Wildman–Crippen MR) is 126 cm³/mol. The van der Waals surface area contributed by atoms with Gasteiger partial charge in [-0.3, -0.25) is 9.59 Å². The van der Waals surface area contributed by atoms with Crippen molar-refractivity contribution in [1.82, 2.24) is 5.32 Å². The lowest BCUT2D eigenvalue weighted by molar-refractivity contribution is -0.120. The summed E-state index contributed by atoms with van der Waals surface area (Å²) in [5.74, 6) is 0.379. The molecule has 7 heteroatoms. The summed E-state index contributed by atoms with van der Waals surface area (Å²) in [6.45, 7) is 8.08. The highest BCUT2D eigenvalue weighted by molar-refractivity contribution is 8.00. The molecule has 2 aromatic rings. The van der Waals surface area contributed by atoms with Crippen LogP contribution in [0.15, 0.2) is 47.4 Å². The van der Waals surface area contributed by atoms with Crippen molar-refractivity contribution < 1.29 is 9.59 Å². The first-order chi connectivity index (χ1) is 14.3. The summed E-state index contributed by atoms with van der Waals surface area (Å²) in [6, 6.07) is 13.5. The number of nitrogens with zero attached hydrogens (tertiary/aromatic N) is 1. The SMILES string of the molecule is CC(=O)Nc1ccc(SC(C)C(=O)NCC2CCN(c3cc(Cl)ccc3C)C2)cc1. The Bertz CT molecular complexity index is 904. The summed E-state index contributed by atoms with van der Waals surface area (Å²) in [6.07, 6.45) is 1.05. The number of carbonyl (C=O) groups is 2. The van der Waals surface area contributed by atoms with Gasteiger partial charge in [0.25, 0.3) is 0 Å². The second-order valence-corrected chi connectivity index (χ2v) is 9.59. The number of nitrogens with one attached hydrogen (secondary N) is 2. The summed E-state index contributed by atoms with van der Waals surface area (Å²) in [5, 5.41) is 6.42. The average Bonchev–Trinajstić information content (AvgIpc) is 3.18. The third kappa shape index (κ3) is 6.16. The lowest BCUT2D eigenvalue weighted by Crippen LogP contribution is -2.35. The van der Waals surface area contributed by atoms with Crippen molar-refractivity contribution >= 4 is 46.6 Å². The smallest absolute Gasteiger partial charge is 0.233 e. The number of amides is 2. The van der Waals surface area contributed by atoms with E-state index in [0.717, 1.165) is 35.1 Å². The van der Waals surface area contributed by atoms with Crippen molar-refractivity contribution in [1.29, 1.82) is 0 Å². The molecule has 0 spiro atoms. The molecule has 3 rings (SSSR count). The molecule has 2 unspecified atom stereocenters. The highest BCUT2D eigenvalue weighted by atomic mass is 35.5. The third-order valence-corrected chi connectivity index (χ3v) is 6.57. The van der Waals surface area contributed by atoms with E-state index in [9.17, 15) is 9.59 Å². The average molecular weight is 446 g/mol. The van der Waals surface area contributed by atoms with Crippen LogP contribution >= 0.6 is 23.4 Å². The highest BCUT2D eigenvalue weighted by Crippen LogP contribution is 2.29. The Hall–Kier alpha value is -2.18. The molecule has 2 atom stereocenters. The number of benzene rings is 2. The van der Waals surface area contributed by atoms with Crippen molar-refractivity contribution in [3.8, 4) is 0 Å². The molecule has 0 aliphatic carbocycles. The first-order valence-corrected chi connectivity index (χ1v) is 11.4. The van der Waals surface area contributed by atoms with E-state index < -0.39 is 0 Å². The summed E-state index contributed by atoms with van der Waals surface area (Å²) in [4.78, 5) is 27.0. The van der Waals surface area contributed by atoms with Gasteiger partial charge < -0.3 is 15.5 Å². The van der Waals surface area contributed by atoms with Gasteiger partial charge in [-0.25, -0.2) is 0 Å². The Morgan fingerprint density at radius 3 is 2.67 bits per heavy atom. The summed E-state index contributed by atoms with van der Waals surface area (Å²) < 4.78 is 0. The zero-order chi connectivity index (χ0) is 21.7. The molecule has 30 heavy (non-hydrogen) atoms. The maximum Gasteiger partial charge on any atom is 0.233 e. The number of aryl methyl sites for hydroxylation is 1. The van der Waals surface area contributed by atoms with Crippen LogP contribution in [0.3, 0.4) is 0 Å². The quantitative estimate of drug-likeness (QED) is 0.605. The fourth-order valence-corrected chi connectivity index (χ4v) is 4.67. The van der Waals surface area contributed by atoms with E-state index in [1.165, 1.54) is 29.9 Å². The summed E-state index contributed by atoms with van der Waals surface area (Å²) in [5.41, 5.74) is 3.16. The molecule has 2 amide bonds. The maximum absolute atomic E-state index is 12.5. The summed E-state index contributed by atoms with van der Waals surface area (Å²) >= 11 is 7.67. The van der Waals surface area contributed by atoms with Crippen LogP contribution in [0.4, 0.5) is 11.4 Å². The van der Waals surface area contributed by atoms with Crippen LogP contribution in [0, 0.1) is 12.8 Å². The molecular weight excluding hydrogens is 418 g/mol. The number of rotatable bonds is 7. The summed E-state index contributed by atoms with van der Waals surface area (Å²) in [7, 11) is 0. The van der Waals surface area contributed by atoms with E-state index in [1.807, 2.05) is 49.4 Å². The minimum Gasteiger partial charge on any atom is -0.371 e. The van der Waals surface area contributed by atoms with E-state index in [0.29, 0.717) is 12.5 Å². The molecule has 160 valence electrons. The molecule has 2 aromatic carbocycles. The van der Waals surface area contributed by atoms with Crippen LogP contribution < -0.4 is 15.5 Å². The van der Waals surface area contributed by atoms with Crippen LogP contribution in [-0.2, 0) is 9.59 Å². The molecule has 2 N–H and O–H groups in total. The number of anilines is 2. The maximum atomic E-state index is 12.5. The lowest BCUT2D eigenvalue weighted by atomic mass is 10.1. The zero-order valence-electron chi connectivity index (χ0n) is 17.6. The molecule has 1 heterocycles. The Balaban J connectivity index is 1.46. The van der Waals surface area contributed by atoms with Gasteiger partial charge in [-0.1, -0.05) is 17.7 Å². The molecule has 0 saturated carbocycles. The predicted octanol–water partition coefficient (Wildman–Crippen LogP) is 4.73.